The van der Waals surface area contributed by atoms with E-state index in [0.717, 1.165) is 16.9 Å². The highest BCUT2D eigenvalue weighted by atomic mass is 35.5. The second kappa shape index (κ2) is 5.25. The SMILES string of the molecule is CC(Cn1cccn1)n1c(CCl)nc2ccc(F)cc21. The van der Waals surface area contributed by atoms with Gasteiger partial charge in [0, 0.05) is 12.4 Å². The van der Waals surface area contributed by atoms with E-state index in [0.29, 0.717) is 12.4 Å². The number of fused-ring (bicyclic) bond motifs is 1. The van der Waals surface area contributed by atoms with Crippen molar-refractivity contribution in [2.24, 2.45) is 0 Å². The average molecular weight is 293 g/mol. The van der Waals surface area contributed by atoms with Crippen LogP contribution in [0.3, 0.4) is 0 Å². The largest absolute Gasteiger partial charge is 0.322 e. The molecule has 0 bridgehead atoms. The number of imidazole rings is 1. The minimum absolute atomic E-state index is 0.0791. The van der Waals surface area contributed by atoms with Crippen molar-refractivity contribution < 1.29 is 4.39 Å². The quantitative estimate of drug-likeness (QED) is 0.691. The molecule has 20 heavy (non-hydrogen) atoms. The summed E-state index contributed by atoms with van der Waals surface area (Å²) in [5.41, 5.74) is 1.52. The molecule has 2 heterocycles. The fourth-order valence-corrected chi connectivity index (χ4v) is 2.65. The number of alkyl halides is 1. The topological polar surface area (TPSA) is 35.6 Å². The number of hydrogen-bond donors (Lipinski definition) is 0. The Morgan fingerprint density at radius 3 is 2.95 bits per heavy atom. The summed E-state index contributed by atoms with van der Waals surface area (Å²) >= 11 is 5.97. The third kappa shape index (κ3) is 2.29. The molecule has 4 nitrogen and oxygen atoms in total. The van der Waals surface area contributed by atoms with Crippen molar-refractivity contribution in [3.63, 3.8) is 0 Å². The van der Waals surface area contributed by atoms with Crippen LogP contribution in [0.2, 0.25) is 0 Å². The zero-order chi connectivity index (χ0) is 14.1. The van der Waals surface area contributed by atoms with Crippen LogP contribution in [0.15, 0.2) is 36.7 Å². The molecule has 0 aliphatic carbocycles. The first-order valence-electron chi connectivity index (χ1n) is 6.39. The zero-order valence-electron chi connectivity index (χ0n) is 11.0. The molecule has 0 N–H and O–H groups in total. The van der Waals surface area contributed by atoms with E-state index >= 15 is 0 Å². The number of rotatable bonds is 4. The fraction of sp³-hybridized carbons (Fsp3) is 0.286. The molecule has 1 atom stereocenters. The molecule has 0 aliphatic rings. The van der Waals surface area contributed by atoms with Crippen LogP contribution in [-0.4, -0.2) is 19.3 Å². The van der Waals surface area contributed by atoms with E-state index in [1.54, 1.807) is 12.3 Å². The van der Waals surface area contributed by atoms with E-state index in [1.807, 2.05) is 28.4 Å². The molecule has 1 aromatic carbocycles. The average Bonchev–Trinajstić information content (AvgIpc) is 3.04. The molecule has 0 spiro atoms. The normalized spacial score (nSPS) is 12.9. The summed E-state index contributed by atoms with van der Waals surface area (Å²) in [7, 11) is 0. The van der Waals surface area contributed by atoms with Gasteiger partial charge in [-0.3, -0.25) is 4.68 Å². The lowest BCUT2D eigenvalue weighted by Gasteiger charge is -2.17. The highest BCUT2D eigenvalue weighted by Gasteiger charge is 2.16. The van der Waals surface area contributed by atoms with E-state index < -0.39 is 0 Å². The highest BCUT2D eigenvalue weighted by Crippen LogP contribution is 2.24. The van der Waals surface area contributed by atoms with Gasteiger partial charge in [-0.2, -0.15) is 5.10 Å². The number of halogens is 2. The van der Waals surface area contributed by atoms with Crippen LogP contribution >= 0.6 is 11.6 Å². The Kier molecular flexibility index (Phi) is 3.44. The molecule has 3 aromatic rings. The monoisotopic (exact) mass is 292 g/mol. The van der Waals surface area contributed by atoms with E-state index in [9.17, 15) is 4.39 Å². The summed E-state index contributed by atoms with van der Waals surface area (Å²) in [5, 5.41) is 4.20. The smallest absolute Gasteiger partial charge is 0.125 e. The second-order valence-corrected chi connectivity index (χ2v) is 5.01. The zero-order valence-corrected chi connectivity index (χ0v) is 11.8. The van der Waals surface area contributed by atoms with Crippen molar-refractivity contribution in [1.82, 2.24) is 19.3 Å². The Bertz CT molecular complexity index is 720. The Labute approximate surface area is 120 Å². The lowest BCUT2D eigenvalue weighted by molar-refractivity contribution is 0.437. The summed E-state index contributed by atoms with van der Waals surface area (Å²) in [6, 6.07) is 6.54. The van der Waals surface area contributed by atoms with Crippen LogP contribution in [0.1, 0.15) is 18.8 Å². The molecule has 2 aromatic heterocycles. The van der Waals surface area contributed by atoms with E-state index in [4.69, 9.17) is 11.6 Å². The molecule has 0 amide bonds. The van der Waals surface area contributed by atoms with Gasteiger partial charge in [0.15, 0.2) is 0 Å². The first-order chi connectivity index (χ1) is 9.69. The summed E-state index contributed by atoms with van der Waals surface area (Å²) in [6.45, 7) is 2.72. The minimum atomic E-state index is -0.272. The maximum Gasteiger partial charge on any atom is 0.125 e. The lowest BCUT2D eigenvalue weighted by atomic mass is 10.2. The standard InChI is InChI=1S/C14H14ClFN4/c1-10(9-19-6-2-5-17-19)20-13-7-11(16)3-4-12(13)18-14(20)8-15/h2-7,10H,8-9H2,1H3. The van der Waals surface area contributed by atoms with Crippen molar-refractivity contribution in [1.29, 1.82) is 0 Å². The summed E-state index contributed by atoms with van der Waals surface area (Å²) in [5.74, 6) is 0.762. The van der Waals surface area contributed by atoms with Gasteiger partial charge in [0.05, 0.1) is 29.5 Å². The molecular formula is C14H14ClFN4. The van der Waals surface area contributed by atoms with Crippen LogP contribution in [0.4, 0.5) is 4.39 Å². The Hall–Kier alpha value is -1.88. The molecule has 3 rings (SSSR count). The molecule has 0 saturated carbocycles. The van der Waals surface area contributed by atoms with Crippen molar-refractivity contribution in [3.8, 4) is 0 Å². The third-order valence-corrected chi connectivity index (χ3v) is 3.53. The van der Waals surface area contributed by atoms with Crippen molar-refractivity contribution >= 4 is 22.6 Å². The van der Waals surface area contributed by atoms with Crippen LogP contribution < -0.4 is 0 Å². The number of nitrogens with zero attached hydrogens (tertiary/aromatic N) is 4. The highest BCUT2D eigenvalue weighted by molar-refractivity contribution is 6.16. The summed E-state index contributed by atoms with van der Waals surface area (Å²) in [6.07, 6.45) is 3.64. The molecular weight excluding hydrogens is 279 g/mol. The van der Waals surface area contributed by atoms with Gasteiger partial charge in [0.2, 0.25) is 0 Å². The van der Waals surface area contributed by atoms with Gasteiger partial charge in [-0.1, -0.05) is 0 Å². The predicted octanol–water partition coefficient (Wildman–Crippen LogP) is 3.37. The fourth-order valence-electron chi connectivity index (χ4n) is 2.46. The first-order valence-corrected chi connectivity index (χ1v) is 6.92. The predicted molar refractivity (Wildman–Crippen MR) is 76.2 cm³/mol. The first kappa shape index (κ1) is 13.1. The molecule has 1 unspecified atom stereocenters. The van der Waals surface area contributed by atoms with Gasteiger partial charge >= 0.3 is 0 Å². The van der Waals surface area contributed by atoms with Crippen LogP contribution in [0, 0.1) is 5.82 Å². The van der Waals surface area contributed by atoms with Crippen LogP contribution in [0.25, 0.3) is 11.0 Å². The van der Waals surface area contributed by atoms with Gasteiger partial charge < -0.3 is 4.57 Å². The van der Waals surface area contributed by atoms with Crippen molar-refractivity contribution in [2.75, 3.05) is 0 Å². The van der Waals surface area contributed by atoms with Gasteiger partial charge in [0.1, 0.15) is 11.6 Å². The Balaban J connectivity index is 2.06. The summed E-state index contributed by atoms with van der Waals surface area (Å²) in [4.78, 5) is 4.46. The Morgan fingerprint density at radius 2 is 2.25 bits per heavy atom. The number of benzene rings is 1. The molecule has 0 fully saturated rings. The summed E-state index contributed by atoms with van der Waals surface area (Å²) < 4.78 is 17.3. The van der Waals surface area contributed by atoms with Crippen molar-refractivity contribution in [2.45, 2.75) is 25.4 Å². The lowest BCUT2D eigenvalue weighted by Crippen LogP contribution is -2.15. The molecule has 104 valence electrons. The van der Waals surface area contributed by atoms with Crippen molar-refractivity contribution in [3.05, 3.63) is 48.3 Å². The molecule has 6 heteroatoms. The third-order valence-electron chi connectivity index (χ3n) is 3.30. The number of aromatic nitrogens is 4. The van der Waals surface area contributed by atoms with E-state index in [2.05, 4.69) is 10.1 Å². The van der Waals surface area contributed by atoms with E-state index in [-0.39, 0.29) is 11.9 Å². The second-order valence-electron chi connectivity index (χ2n) is 4.74. The number of hydrogen-bond acceptors (Lipinski definition) is 2. The molecule has 0 aliphatic heterocycles. The molecule has 0 radical (unpaired) electrons. The van der Waals surface area contributed by atoms with Crippen LogP contribution in [-0.2, 0) is 12.4 Å². The maximum absolute atomic E-state index is 13.5. The van der Waals surface area contributed by atoms with Crippen LogP contribution in [0.5, 0.6) is 0 Å². The Morgan fingerprint density at radius 1 is 1.40 bits per heavy atom. The minimum Gasteiger partial charge on any atom is -0.322 e. The van der Waals surface area contributed by atoms with Gasteiger partial charge in [-0.05, 0) is 31.2 Å². The van der Waals surface area contributed by atoms with E-state index in [1.165, 1.54) is 12.1 Å². The molecule has 0 saturated heterocycles. The van der Waals surface area contributed by atoms with Gasteiger partial charge in [0.25, 0.3) is 0 Å². The maximum atomic E-state index is 13.5. The van der Waals surface area contributed by atoms with Gasteiger partial charge in [-0.25, -0.2) is 9.37 Å². The van der Waals surface area contributed by atoms with Gasteiger partial charge in [-0.15, -0.1) is 11.6 Å².